The predicted octanol–water partition coefficient (Wildman–Crippen LogP) is 3.75. The maximum atomic E-state index is 13.3. The maximum Gasteiger partial charge on any atom is 0.244 e. The highest BCUT2D eigenvalue weighted by Crippen LogP contribution is 2.28. The lowest BCUT2D eigenvalue weighted by Crippen LogP contribution is -2.41. The summed E-state index contributed by atoms with van der Waals surface area (Å²) < 4.78 is 10.7. The third-order valence-corrected chi connectivity index (χ3v) is 4.80. The minimum absolute atomic E-state index is 0.0720. The van der Waals surface area contributed by atoms with Crippen LogP contribution < -0.4 is 9.47 Å². The smallest absolute Gasteiger partial charge is 0.244 e. The van der Waals surface area contributed by atoms with Crippen molar-refractivity contribution in [3.8, 4) is 11.5 Å². The van der Waals surface area contributed by atoms with E-state index in [4.69, 9.17) is 9.47 Å². The monoisotopic (exact) mass is 370 g/mol. The molecule has 2 rings (SSSR count). The standard InChI is InChI=1S/C22H30N2O3/c1-6-24(7-2)21(17-11-9-8-10-12-17)22(25)23(3)16-18-13-14-19(26-4)15-20(18)27-5/h8-15,21H,6-7,16H2,1-5H3. The molecule has 27 heavy (non-hydrogen) atoms. The normalized spacial score (nSPS) is 11.9. The molecular formula is C22H30N2O3. The lowest BCUT2D eigenvalue weighted by molar-refractivity contribution is -0.136. The van der Waals surface area contributed by atoms with Gasteiger partial charge in [0.05, 0.1) is 14.2 Å². The first kappa shape index (κ1) is 20.8. The SMILES string of the molecule is CCN(CC)C(C(=O)N(C)Cc1ccc(OC)cc1OC)c1ccccc1. The van der Waals surface area contributed by atoms with E-state index in [9.17, 15) is 4.79 Å². The quantitative estimate of drug-likeness (QED) is 0.674. The molecule has 0 spiro atoms. The molecule has 0 aliphatic rings. The van der Waals surface area contributed by atoms with Gasteiger partial charge in [0.2, 0.25) is 5.91 Å². The number of nitrogens with zero attached hydrogens (tertiary/aromatic N) is 2. The van der Waals surface area contributed by atoms with Crippen LogP contribution >= 0.6 is 0 Å². The van der Waals surface area contributed by atoms with Gasteiger partial charge < -0.3 is 14.4 Å². The molecule has 0 saturated carbocycles. The van der Waals surface area contributed by atoms with Gasteiger partial charge in [-0.25, -0.2) is 0 Å². The largest absolute Gasteiger partial charge is 0.497 e. The van der Waals surface area contributed by atoms with Crippen molar-refractivity contribution in [2.75, 3.05) is 34.4 Å². The van der Waals surface area contributed by atoms with E-state index in [0.717, 1.165) is 30.0 Å². The Hall–Kier alpha value is -2.53. The lowest BCUT2D eigenvalue weighted by Gasteiger charge is -2.32. The fourth-order valence-electron chi connectivity index (χ4n) is 3.26. The Balaban J connectivity index is 2.27. The second-order valence-electron chi connectivity index (χ2n) is 6.41. The van der Waals surface area contributed by atoms with Gasteiger partial charge in [-0.1, -0.05) is 44.2 Å². The molecule has 1 atom stereocenters. The first-order valence-corrected chi connectivity index (χ1v) is 9.30. The number of likely N-dealkylation sites (N-methyl/N-ethyl adjacent to an activating group) is 2. The Labute approximate surface area is 162 Å². The second kappa shape index (κ2) is 9.97. The first-order valence-electron chi connectivity index (χ1n) is 9.30. The molecule has 0 fully saturated rings. The van der Waals surface area contributed by atoms with Crippen LogP contribution in [0.15, 0.2) is 48.5 Å². The Morgan fingerprint density at radius 2 is 1.67 bits per heavy atom. The van der Waals surface area contributed by atoms with Gasteiger partial charge in [0.15, 0.2) is 0 Å². The van der Waals surface area contributed by atoms with Crippen LogP contribution in [0.4, 0.5) is 0 Å². The van der Waals surface area contributed by atoms with E-state index >= 15 is 0 Å². The van der Waals surface area contributed by atoms with E-state index in [1.54, 1.807) is 19.1 Å². The molecule has 0 aliphatic carbocycles. The second-order valence-corrected chi connectivity index (χ2v) is 6.41. The van der Waals surface area contributed by atoms with E-state index in [-0.39, 0.29) is 11.9 Å². The zero-order valence-corrected chi connectivity index (χ0v) is 16.9. The van der Waals surface area contributed by atoms with E-state index in [0.29, 0.717) is 12.3 Å². The predicted molar refractivity (Wildman–Crippen MR) is 108 cm³/mol. The van der Waals surface area contributed by atoms with Crippen molar-refractivity contribution in [1.29, 1.82) is 0 Å². The molecule has 0 aromatic heterocycles. The summed E-state index contributed by atoms with van der Waals surface area (Å²) in [5.41, 5.74) is 1.96. The minimum Gasteiger partial charge on any atom is -0.497 e. The van der Waals surface area contributed by atoms with Crippen LogP contribution in [-0.2, 0) is 11.3 Å². The number of hydrogen-bond donors (Lipinski definition) is 0. The van der Waals surface area contributed by atoms with Gasteiger partial charge >= 0.3 is 0 Å². The Morgan fingerprint density at radius 3 is 2.22 bits per heavy atom. The fourth-order valence-corrected chi connectivity index (χ4v) is 3.26. The van der Waals surface area contributed by atoms with Crippen LogP contribution in [-0.4, -0.2) is 50.1 Å². The van der Waals surface area contributed by atoms with Gasteiger partial charge in [-0.2, -0.15) is 0 Å². The fraction of sp³-hybridized carbons (Fsp3) is 0.409. The van der Waals surface area contributed by atoms with Crippen molar-refractivity contribution < 1.29 is 14.3 Å². The van der Waals surface area contributed by atoms with Crippen LogP contribution in [0.1, 0.15) is 31.0 Å². The van der Waals surface area contributed by atoms with Crippen LogP contribution in [0, 0.1) is 0 Å². The molecule has 0 radical (unpaired) electrons. The van der Waals surface area contributed by atoms with Crippen molar-refractivity contribution >= 4 is 5.91 Å². The summed E-state index contributed by atoms with van der Waals surface area (Å²) in [7, 11) is 5.09. The molecule has 0 aliphatic heterocycles. The van der Waals surface area contributed by atoms with E-state index < -0.39 is 0 Å². The first-order chi connectivity index (χ1) is 13.0. The van der Waals surface area contributed by atoms with Gasteiger partial charge in [0, 0.05) is 25.2 Å². The molecule has 0 bridgehead atoms. The number of carbonyl (C=O) groups is 1. The Morgan fingerprint density at radius 1 is 1.00 bits per heavy atom. The molecule has 5 heteroatoms. The highest BCUT2D eigenvalue weighted by molar-refractivity contribution is 5.83. The molecule has 0 saturated heterocycles. The number of ether oxygens (including phenoxy) is 2. The van der Waals surface area contributed by atoms with Crippen LogP contribution in [0.5, 0.6) is 11.5 Å². The van der Waals surface area contributed by atoms with Gasteiger partial charge in [0.25, 0.3) is 0 Å². The van der Waals surface area contributed by atoms with E-state index in [2.05, 4.69) is 18.7 Å². The van der Waals surface area contributed by atoms with Crippen molar-refractivity contribution in [1.82, 2.24) is 9.80 Å². The zero-order valence-electron chi connectivity index (χ0n) is 16.9. The summed E-state index contributed by atoms with van der Waals surface area (Å²) in [5, 5.41) is 0. The van der Waals surface area contributed by atoms with Gasteiger partial charge in [-0.3, -0.25) is 9.69 Å². The maximum absolute atomic E-state index is 13.3. The number of hydrogen-bond acceptors (Lipinski definition) is 4. The zero-order chi connectivity index (χ0) is 19.8. The van der Waals surface area contributed by atoms with Gasteiger partial charge in [-0.05, 0) is 30.8 Å². The molecule has 1 unspecified atom stereocenters. The van der Waals surface area contributed by atoms with E-state index in [1.807, 2.05) is 55.6 Å². The average Bonchev–Trinajstić information content (AvgIpc) is 2.72. The summed E-state index contributed by atoms with van der Waals surface area (Å²) >= 11 is 0. The lowest BCUT2D eigenvalue weighted by atomic mass is 10.0. The number of benzene rings is 2. The molecule has 2 aromatic carbocycles. The molecular weight excluding hydrogens is 340 g/mol. The van der Waals surface area contributed by atoms with Crippen LogP contribution in [0.25, 0.3) is 0 Å². The number of amides is 1. The Kier molecular flexibility index (Phi) is 7.67. The number of carbonyl (C=O) groups excluding carboxylic acids is 1. The minimum atomic E-state index is -0.296. The summed E-state index contributed by atoms with van der Waals surface area (Å²) in [6.45, 7) is 6.25. The van der Waals surface area contributed by atoms with Gasteiger partial charge in [0.1, 0.15) is 17.5 Å². The summed E-state index contributed by atoms with van der Waals surface area (Å²) in [6.07, 6.45) is 0. The van der Waals surface area contributed by atoms with Crippen molar-refractivity contribution in [3.05, 3.63) is 59.7 Å². The molecule has 0 heterocycles. The highest BCUT2D eigenvalue weighted by Gasteiger charge is 2.28. The van der Waals surface area contributed by atoms with Gasteiger partial charge in [-0.15, -0.1) is 0 Å². The summed E-state index contributed by atoms with van der Waals surface area (Å²) in [5.74, 6) is 1.52. The Bertz CT molecular complexity index is 730. The molecule has 146 valence electrons. The molecule has 0 N–H and O–H groups in total. The van der Waals surface area contributed by atoms with E-state index in [1.165, 1.54) is 0 Å². The number of methoxy groups -OCH3 is 2. The van der Waals surface area contributed by atoms with Crippen molar-refractivity contribution in [2.45, 2.75) is 26.4 Å². The molecule has 5 nitrogen and oxygen atoms in total. The molecule has 1 amide bonds. The van der Waals surface area contributed by atoms with Crippen LogP contribution in [0.3, 0.4) is 0 Å². The topological polar surface area (TPSA) is 42.0 Å². The summed E-state index contributed by atoms with van der Waals surface area (Å²) in [6, 6.07) is 15.3. The summed E-state index contributed by atoms with van der Waals surface area (Å²) in [4.78, 5) is 17.3. The average molecular weight is 370 g/mol. The number of rotatable bonds is 9. The van der Waals surface area contributed by atoms with Crippen molar-refractivity contribution in [3.63, 3.8) is 0 Å². The third kappa shape index (κ3) is 5.01. The van der Waals surface area contributed by atoms with Crippen LogP contribution in [0.2, 0.25) is 0 Å². The van der Waals surface area contributed by atoms with Crippen molar-refractivity contribution in [2.24, 2.45) is 0 Å². The highest BCUT2D eigenvalue weighted by atomic mass is 16.5. The third-order valence-electron chi connectivity index (χ3n) is 4.80. The molecule has 2 aromatic rings.